The molecule has 0 bridgehead atoms. The van der Waals surface area contributed by atoms with Crippen molar-refractivity contribution in [2.75, 3.05) is 13.1 Å². The van der Waals surface area contributed by atoms with Crippen LogP contribution in [0, 0.1) is 6.92 Å². The first kappa shape index (κ1) is 16.5. The molecule has 0 spiro atoms. The van der Waals surface area contributed by atoms with Gasteiger partial charge in [0.1, 0.15) is 0 Å². The number of aliphatic carboxylic acids is 1. The number of nitrogens with one attached hydrogen (secondary N) is 1. The maximum Gasteiger partial charge on any atom is 0.334 e. The second-order valence-corrected chi connectivity index (χ2v) is 6.44. The number of carbonyl (C=O) groups is 2. The largest absolute Gasteiger partial charge is 0.479 e. The Hall–Kier alpha value is -2.34. The molecule has 3 rings (SSSR count). The molecule has 1 unspecified atom stereocenters. The first-order valence-electron chi connectivity index (χ1n) is 8.16. The molecule has 1 saturated heterocycles. The Morgan fingerprint density at radius 2 is 2.17 bits per heavy atom. The molecule has 0 radical (unpaired) electrons. The van der Waals surface area contributed by atoms with Crippen molar-refractivity contribution < 1.29 is 19.4 Å². The number of carbonyl (C=O) groups excluding carboxylic acids is 1. The van der Waals surface area contributed by atoms with Gasteiger partial charge in [0.2, 0.25) is 5.91 Å². The Bertz CT molecular complexity index is 767. The number of ether oxygens (including phenoxy) is 1. The number of hydrogen-bond acceptors (Lipinski definition) is 3. The monoisotopic (exact) mass is 330 g/mol. The Kier molecular flexibility index (Phi) is 4.57. The van der Waals surface area contributed by atoms with Crippen molar-refractivity contribution >= 4 is 22.8 Å². The van der Waals surface area contributed by atoms with Crippen LogP contribution in [-0.2, 0) is 20.7 Å². The first-order valence-corrected chi connectivity index (χ1v) is 8.16. The molecule has 1 aromatic heterocycles. The number of aromatic nitrogens is 1. The number of benzene rings is 1. The standard InChI is InChI=1S/C18H22N2O4/c1-11-3-5-15-14(7-11)13(8-19-15)4-6-17(21)20-9-12(2)24-16(10-20)18(22)23/h3,5,7-8,12,16,19H,4,6,9-10H2,1-2H3,(H,22,23)/t12-,16?/m1/s1. The van der Waals surface area contributed by atoms with E-state index in [1.165, 1.54) is 5.56 Å². The molecular formula is C18H22N2O4. The number of rotatable bonds is 4. The lowest BCUT2D eigenvalue weighted by atomic mass is 10.1. The van der Waals surface area contributed by atoms with E-state index in [0.717, 1.165) is 16.5 Å². The highest BCUT2D eigenvalue weighted by Crippen LogP contribution is 2.21. The Morgan fingerprint density at radius 1 is 1.38 bits per heavy atom. The molecule has 2 N–H and O–H groups in total. The zero-order valence-electron chi connectivity index (χ0n) is 13.9. The zero-order chi connectivity index (χ0) is 17.3. The molecule has 24 heavy (non-hydrogen) atoms. The van der Waals surface area contributed by atoms with E-state index >= 15 is 0 Å². The van der Waals surface area contributed by atoms with Gasteiger partial charge in [-0.05, 0) is 38.0 Å². The lowest BCUT2D eigenvalue weighted by Gasteiger charge is -2.35. The number of H-pyrrole nitrogens is 1. The van der Waals surface area contributed by atoms with Gasteiger partial charge >= 0.3 is 5.97 Å². The van der Waals surface area contributed by atoms with Crippen molar-refractivity contribution in [1.29, 1.82) is 0 Å². The summed E-state index contributed by atoms with van der Waals surface area (Å²) in [4.78, 5) is 28.4. The third-order valence-electron chi connectivity index (χ3n) is 4.42. The summed E-state index contributed by atoms with van der Waals surface area (Å²) in [6.07, 6.45) is 1.73. The summed E-state index contributed by atoms with van der Waals surface area (Å²) in [7, 11) is 0. The summed E-state index contributed by atoms with van der Waals surface area (Å²) in [6, 6.07) is 6.20. The highest BCUT2D eigenvalue weighted by atomic mass is 16.5. The van der Waals surface area contributed by atoms with Gasteiger partial charge in [-0.15, -0.1) is 0 Å². The molecule has 1 aliphatic heterocycles. The fourth-order valence-electron chi connectivity index (χ4n) is 3.19. The molecular weight excluding hydrogens is 308 g/mol. The summed E-state index contributed by atoms with van der Waals surface area (Å²) in [5, 5.41) is 10.3. The van der Waals surface area contributed by atoms with E-state index in [1.54, 1.807) is 11.8 Å². The van der Waals surface area contributed by atoms with Gasteiger partial charge in [-0.2, -0.15) is 0 Å². The molecule has 6 nitrogen and oxygen atoms in total. The van der Waals surface area contributed by atoms with E-state index in [4.69, 9.17) is 9.84 Å². The Balaban J connectivity index is 1.66. The van der Waals surface area contributed by atoms with Crippen LogP contribution < -0.4 is 0 Å². The van der Waals surface area contributed by atoms with E-state index < -0.39 is 12.1 Å². The number of fused-ring (bicyclic) bond motifs is 1. The summed E-state index contributed by atoms with van der Waals surface area (Å²) in [5.41, 5.74) is 3.35. The van der Waals surface area contributed by atoms with Gasteiger partial charge in [0, 0.05) is 30.1 Å². The Labute approximate surface area is 140 Å². The topological polar surface area (TPSA) is 82.6 Å². The van der Waals surface area contributed by atoms with Crippen molar-refractivity contribution in [1.82, 2.24) is 9.88 Å². The van der Waals surface area contributed by atoms with Crippen molar-refractivity contribution in [2.45, 2.75) is 38.9 Å². The van der Waals surface area contributed by atoms with Gasteiger partial charge in [0.05, 0.1) is 12.6 Å². The molecule has 2 atom stereocenters. The molecule has 0 aliphatic carbocycles. The summed E-state index contributed by atoms with van der Waals surface area (Å²) in [6.45, 7) is 4.39. The second kappa shape index (κ2) is 6.65. The van der Waals surface area contributed by atoms with Crippen LogP contribution in [0.2, 0.25) is 0 Å². The third-order valence-corrected chi connectivity index (χ3v) is 4.42. The molecule has 1 amide bonds. The van der Waals surface area contributed by atoms with E-state index in [1.807, 2.05) is 19.2 Å². The van der Waals surface area contributed by atoms with Crippen molar-refractivity contribution in [3.05, 3.63) is 35.5 Å². The minimum atomic E-state index is -1.02. The second-order valence-electron chi connectivity index (χ2n) is 6.44. The predicted molar refractivity (Wildman–Crippen MR) is 89.9 cm³/mol. The van der Waals surface area contributed by atoms with Gasteiger partial charge in [-0.1, -0.05) is 11.6 Å². The van der Waals surface area contributed by atoms with Crippen molar-refractivity contribution in [2.24, 2.45) is 0 Å². The number of nitrogens with zero attached hydrogens (tertiary/aromatic N) is 1. The zero-order valence-corrected chi connectivity index (χ0v) is 13.9. The number of amides is 1. The maximum atomic E-state index is 12.5. The van der Waals surface area contributed by atoms with Crippen molar-refractivity contribution in [3.63, 3.8) is 0 Å². The average molecular weight is 330 g/mol. The normalized spacial score (nSPS) is 21.2. The fourth-order valence-corrected chi connectivity index (χ4v) is 3.19. The summed E-state index contributed by atoms with van der Waals surface area (Å²) >= 11 is 0. The maximum absolute atomic E-state index is 12.5. The fraction of sp³-hybridized carbons (Fsp3) is 0.444. The van der Waals surface area contributed by atoms with E-state index in [0.29, 0.717) is 19.4 Å². The minimum Gasteiger partial charge on any atom is -0.479 e. The average Bonchev–Trinajstić information content (AvgIpc) is 2.94. The molecule has 128 valence electrons. The van der Waals surface area contributed by atoms with Gasteiger partial charge in [0.25, 0.3) is 0 Å². The number of carboxylic acids is 1. The van der Waals surface area contributed by atoms with E-state index in [9.17, 15) is 9.59 Å². The van der Waals surface area contributed by atoms with Crippen LogP contribution in [0.25, 0.3) is 10.9 Å². The lowest BCUT2D eigenvalue weighted by molar-refractivity contribution is -0.166. The first-order chi connectivity index (χ1) is 11.4. The Morgan fingerprint density at radius 3 is 2.92 bits per heavy atom. The van der Waals surface area contributed by atoms with Crippen LogP contribution in [-0.4, -0.2) is 52.2 Å². The van der Waals surface area contributed by atoms with E-state index in [2.05, 4.69) is 17.1 Å². The minimum absolute atomic E-state index is 0.0293. The summed E-state index contributed by atoms with van der Waals surface area (Å²) in [5.74, 6) is -1.05. The van der Waals surface area contributed by atoms with Crippen LogP contribution in [0.5, 0.6) is 0 Å². The number of hydrogen-bond donors (Lipinski definition) is 2. The molecule has 2 aromatic rings. The van der Waals surface area contributed by atoms with Gasteiger partial charge in [-0.3, -0.25) is 4.79 Å². The van der Waals surface area contributed by atoms with Crippen LogP contribution in [0.15, 0.2) is 24.4 Å². The SMILES string of the molecule is Cc1ccc2[nH]cc(CCC(=O)N3CC(C(=O)O)O[C@H](C)C3)c2c1. The van der Waals surface area contributed by atoms with Crippen LogP contribution in [0.3, 0.4) is 0 Å². The van der Waals surface area contributed by atoms with Gasteiger partial charge in [-0.25, -0.2) is 4.79 Å². The molecule has 1 aliphatic rings. The van der Waals surface area contributed by atoms with Crippen LogP contribution in [0.1, 0.15) is 24.5 Å². The molecule has 1 fully saturated rings. The quantitative estimate of drug-likeness (QED) is 0.899. The van der Waals surface area contributed by atoms with Gasteiger partial charge in [0.15, 0.2) is 6.10 Å². The lowest BCUT2D eigenvalue weighted by Crippen LogP contribution is -2.51. The van der Waals surface area contributed by atoms with Crippen LogP contribution in [0.4, 0.5) is 0 Å². The van der Waals surface area contributed by atoms with Crippen LogP contribution >= 0.6 is 0 Å². The smallest absolute Gasteiger partial charge is 0.334 e. The summed E-state index contributed by atoms with van der Waals surface area (Å²) < 4.78 is 5.35. The molecule has 0 saturated carbocycles. The van der Waals surface area contributed by atoms with Gasteiger partial charge < -0.3 is 19.7 Å². The predicted octanol–water partition coefficient (Wildman–Crippen LogP) is 2.11. The number of morpholine rings is 1. The molecule has 6 heteroatoms. The molecule has 1 aromatic carbocycles. The number of aryl methyl sites for hydroxylation is 2. The third kappa shape index (κ3) is 3.43. The number of aromatic amines is 1. The highest BCUT2D eigenvalue weighted by molar-refractivity contribution is 5.85. The number of carboxylic acid groups (broad SMARTS) is 1. The molecule has 2 heterocycles. The highest BCUT2D eigenvalue weighted by Gasteiger charge is 2.32. The van der Waals surface area contributed by atoms with E-state index in [-0.39, 0.29) is 18.6 Å². The van der Waals surface area contributed by atoms with Crippen molar-refractivity contribution in [3.8, 4) is 0 Å².